The molecule has 1 N–H and O–H groups in total. The molecule has 0 aliphatic carbocycles. The normalized spacial score (nSPS) is 12.0. The van der Waals surface area contributed by atoms with Gasteiger partial charge in [0.25, 0.3) is 10.0 Å². The summed E-state index contributed by atoms with van der Waals surface area (Å²) in [6, 6.07) is 14.2. The van der Waals surface area contributed by atoms with Gasteiger partial charge in [-0.15, -0.1) is 11.3 Å². The number of hydrogen-bond acceptors (Lipinski definition) is 4. The molecule has 0 amide bonds. The van der Waals surface area contributed by atoms with Crippen LogP contribution in [0.4, 0.5) is 18.9 Å². The largest absolute Gasteiger partial charge is 0.457 e. The summed E-state index contributed by atoms with van der Waals surface area (Å²) < 4.78 is 71.9. The van der Waals surface area contributed by atoms with Gasteiger partial charge >= 0.3 is 6.18 Å². The van der Waals surface area contributed by atoms with E-state index >= 15 is 0 Å². The first-order valence-electron chi connectivity index (χ1n) is 7.26. The van der Waals surface area contributed by atoms with Gasteiger partial charge in [0.15, 0.2) is 0 Å². The highest BCUT2D eigenvalue weighted by Gasteiger charge is 2.35. The number of thiophene rings is 1. The highest BCUT2D eigenvalue weighted by Crippen LogP contribution is 2.39. The molecule has 3 rings (SSSR count). The molecule has 0 saturated carbocycles. The van der Waals surface area contributed by atoms with Crippen LogP contribution in [0, 0.1) is 0 Å². The zero-order valence-corrected chi connectivity index (χ0v) is 14.7. The van der Waals surface area contributed by atoms with Crippen molar-refractivity contribution in [3.8, 4) is 11.5 Å². The molecule has 4 nitrogen and oxygen atoms in total. The Morgan fingerprint density at radius 2 is 1.65 bits per heavy atom. The summed E-state index contributed by atoms with van der Waals surface area (Å²) in [6.45, 7) is 0. The predicted octanol–water partition coefficient (Wildman–Crippen LogP) is 5.36. The van der Waals surface area contributed by atoms with E-state index in [0.717, 1.165) is 23.5 Å². The number of alkyl halides is 3. The average Bonchev–Trinajstić information content (AvgIpc) is 3.11. The van der Waals surface area contributed by atoms with Gasteiger partial charge in [-0.25, -0.2) is 8.42 Å². The van der Waals surface area contributed by atoms with Crippen LogP contribution >= 0.6 is 11.3 Å². The van der Waals surface area contributed by atoms with E-state index in [9.17, 15) is 21.6 Å². The van der Waals surface area contributed by atoms with E-state index in [2.05, 4.69) is 0 Å². The molecule has 0 bridgehead atoms. The van der Waals surface area contributed by atoms with Gasteiger partial charge in [0.2, 0.25) is 0 Å². The van der Waals surface area contributed by atoms with Crippen LogP contribution in [0.2, 0.25) is 0 Å². The Hall–Kier alpha value is -2.52. The summed E-state index contributed by atoms with van der Waals surface area (Å²) in [7, 11) is -4.10. The second-order valence-corrected chi connectivity index (χ2v) is 8.01. The molecule has 0 spiro atoms. The third-order valence-corrected chi connectivity index (χ3v) is 6.04. The minimum absolute atomic E-state index is 0.0532. The third kappa shape index (κ3) is 4.17. The van der Waals surface area contributed by atoms with E-state index in [0.29, 0.717) is 5.75 Å². The lowest BCUT2D eigenvalue weighted by atomic mass is 10.1. The van der Waals surface area contributed by atoms with E-state index in [1.54, 1.807) is 30.3 Å². The van der Waals surface area contributed by atoms with Gasteiger partial charge in [0.05, 0.1) is 11.3 Å². The molecule has 0 radical (unpaired) electrons. The monoisotopic (exact) mass is 399 g/mol. The molecule has 0 saturated heterocycles. The molecule has 9 heteroatoms. The van der Waals surface area contributed by atoms with Crippen molar-refractivity contribution in [3.63, 3.8) is 0 Å². The van der Waals surface area contributed by atoms with Crippen molar-refractivity contribution in [2.45, 2.75) is 10.4 Å². The van der Waals surface area contributed by atoms with Crippen LogP contribution < -0.4 is 9.46 Å². The first kappa shape index (κ1) is 18.3. The van der Waals surface area contributed by atoms with Gasteiger partial charge in [0.1, 0.15) is 15.7 Å². The van der Waals surface area contributed by atoms with Crippen molar-refractivity contribution in [1.29, 1.82) is 0 Å². The fourth-order valence-corrected chi connectivity index (χ4v) is 4.22. The molecule has 3 aromatic rings. The van der Waals surface area contributed by atoms with Gasteiger partial charge in [0, 0.05) is 0 Å². The summed E-state index contributed by atoms with van der Waals surface area (Å²) in [5.74, 6) is 0.315. The smallest absolute Gasteiger partial charge is 0.418 e. The minimum atomic E-state index is -4.76. The third-order valence-electron chi connectivity index (χ3n) is 3.28. The van der Waals surface area contributed by atoms with E-state index in [1.807, 2.05) is 4.72 Å². The number of anilines is 1. The summed E-state index contributed by atoms with van der Waals surface area (Å²) >= 11 is 0.911. The quantitative estimate of drug-likeness (QED) is 0.628. The fourth-order valence-electron chi connectivity index (χ4n) is 2.15. The van der Waals surface area contributed by atoms with Crippen LogP contribution in [0.3, 0.4) is 0 Å². The van der Waals surface area contributed by atoms with Crippen molar-refractivity contribution in [2.75, 3.05) is 4.72 Å². The molecular weight excluding hydrogens is 387 g/mol. The Balaban J connectivity index is 1.95. The predicted molar refractivity (Wildman–Crippen MR) is 93.1 cm³/mol. The highest BCUT2D eigenvalue weighted by molar-refractivity contribution is 7.94. The first-order valence-corrected chi connectivity index (χ1v) is 9.62. The lowest BCUT2D eigenvalue weighted by molar-refractivity contribution is -0.137. The maximum atomic E-state index is 13.4. The second-order valence-electron chi connectivity index (χ2n) is 5.16. The van der Waals surface area contributed by atoms with E-state index in [-0.39, 0.29) is 9.96 Å². The molecule has 0 unspecified atom stereocenters. The maximum absolute atomic E-state index is 13.4. The Morgan fingerprint density at radius 3 is 2.27 bits per heavy atom. The topological polar surface area (TPSA) is 55.4 Å². The molecule has 0 fully saturated rings. The van der Waals surface area contributed by atoms with E-state index in [4.69, 9.17) is 4.74 Å². The van der Waals surface area contributed by atoms with Crippen LogP contribution in [0.5, 0.6) is 11.5 Å². The lowest BCUT2D eigenvalue weighted by Crippen LogP contribution is -2.16. The fraction of sp³-hybridized carbons (Fsp3) is 0.0588. The zero-order valence-electron chi connectivity index (χ0n) is 13.0. The highest BCUT2D eigenvalue weighted by atomic mass is 32.2. The Labute approximate surface area is 151 Å². The van der Waals surface area contributed by atoms with Gasteiger partial charge in [-0.05, 0) is 41.8 Å². The van der Waals surface area contributed by atoms with Crippen molar-refractivity contribution in [1.82, 2.24) is 0 Å². The molecule has 1 aromatic heterocycles. The molecule has 0 aliphatic rings. The summed E-state index contributed by atoms with van der Waals surface area (Å²) in [6.07, 6.45) is -4.76. The van der Waals surface area contributed by atoms with E-state index in [1.165, 1.54) is 23.6 Å². The SMILES string of the molecule is O=S(=O)(Nc1ccc(Oc2ccccc2)cc1C(F)(F)F)c1cccs1. The Bertz CT molecular complexity index is 986. The first-order chi connectivity index (χ1) is 12.3. The molecule has 26 heavy (non-hydrogen) atoms. The molecular formula is C17H12F3NO3S2. The van der Waals surface area contributed by atoms with Crippen LogP contribution in [-0.4, -0.2) is 8.42 Å². The van der Waals surface area contributed by atoms with Gasteiger partial charge in [-0.2, -0.15) is 13.2 Å². The number of para-hydroxylation sites is 1. The van der Waals surface area contributed by atoms with Crippen molar-refractivity contribution in [3.05, 3.63) is 71.6 Å². The van der Waals surface area contributed by atoms with Crippen LogP contribution in [0.15, 0.2) is 70.3 Å². The number of benzene rings is 2. The Morgan fingerprint density at radius 1 is 0.923 bits per heavy atom. The number of rotatable bonds is 5. The number of hydrogen-bond donors (Lipinski definition) is 1. The van der Waals surface area contributed by atoms with Crippen molar-refractivity contribution >= 4 is 27.0 Å². The minimum Gasteiger partial charge on any atom is -0.457 e. The van der Waals surface area contributed by atoms with Crippen LogP contribution in [0.1, 0.15) is 5.56 Å². The van der Waals surface area contributed by atoms with Crippen LogP contribution in [0.25, 0.3) is 0 Å². The van der Waals surface area contributed by atoms with Gasteiger partial charge in [-0.1, -0.05) is 24.3 Å². The van der Waals surface area contributed by atoms with Gasteiger partial charge in [-0.3, -0.25) is 4.72 Å². The summed E-state index contributed by atoms with van der Waals surface area (Å²) in [5, 5.41) is 1.52. The number of halogens is 3. The maximum Gasteiger partial charge on any atom is 0.418 e. The summed E-state index contributed by atoms with van der Waals surface area (Å²) in [4.78, 5) is 0. The number of ether oxygens (including phenoxy) is 1. The number of sulfonamides is 1. The molecule has 0 aliphatic heterocycles. The Kier molecular flexibility index (Phi) is 4.92. The second kappa shape index (κ2) is 7.00. The number of nitrogens with one attached hydrogen (secondary N) is 1. The molecule has 0 atom stereocenters. The van der Waals surface area contributed by atoms with Crippen molar-refractivity contribution in [2.24, 2.45) is 0 Å². The molecule has 1 heterocycles. The zero-order chi connectivity index (χ0) is 18.8. The van der Waals surface area contributed by atoms with Gasteiger partial charge < -0.3 is 4.74 Å². The average molecular weight is 399 g/mol. The van der Waals surface area contributed by atoms with Crippen molar-refractivity contribution < 1.29 is 26.3 Å². The van der Waals surface area contributed by atoms with Crippen LogP contribution in [-0.2, 0) is 16.2 Å². The molecule has 136 valence electrons. The molecule has 2 aromatic carbocycles. The summed E-state index contributed by atoms with van der Waals surface area (Å²) in [5.41, 5.74) is -1.70. The lowest BCUT2D eigenvalue weighted by Gasteiger charge is -2.16. The standard InChI is InChI=1S/C17H12F3NO3S2/c18-17(19,20)14-11-13(24-12-5-2-1-3-6-12)8-9-15(14)21-26(22,23)16-7-4-10-25-16/h1-11,21H. The van der Waals surface area contributed by atoms with E-state index < -0.39 is 27.5 Å².